The number of carbonyl (C=O) groups is 1. The Hall–Kier alpha value is -0.270. The van der Waals surface area contributed by atoms with Gasteiger partial charge in [0.05, 0.1) is 15.7 Å². The lowest BCUT2D eigenvalue weighted by atomic mass is 9.31. The molecule has 2 nitrogen and oxygen atoms in total. The first-order chi connectivity index (χ1) is 5.10. The van der Waals surface area contributed by atoms with Crippen LogP contribution in [-0.4, -0.2) is 42.5 Å². The summed E-state index contributed by atoms with van der Waals surface area (Å²) < 4.78 is 0. The Bertz CT molecular complexity index is 184. The maximum absolute atomic E-state index is 10.8. The lowest BCUT2D eigenvalue weighted by Gasteiger charge is -2.42. The second kappa shape index (κ2) is 3.23. The Labute approximate surface area is 78.1 Å². The van der Waals surface area contributed by atoms with Gasteiger partial charge in [0.2, 0.25) is 0 Å². The molecule has 0 amide bonds. The van der Waals surface area contributed by atoms with Crippen molar-refractivity contribution in [1.29, 1.82) is 0 Å². The van der Waals surface area contributed by atoms with Crippen LogP contribution in [0.1, 0.15) is 13.8 Å². The van der Waals surface area contributed by atoms with E-state index < -0.39 is 5.97 Å². The fraction of sp³-hybridized carbons (Fsp3) is 0.833. The summed E-state index contributed by atoms with van der Waals surface area (Å²) in [7, 11) is 7.86. The van der Waals surface area contributed by atoms with Crippen molar-refractivity contribution in [3.63, 3.8) is 0 Å². The van der Waals surface area contributed by atoms with Crippen molar-refractivity contribution in [3.8, 4) is 0 Å². The summed E-state index contributed by atoms with van der Waals surface area (Å²) in [5.74, 6) is -1.02. The van der Waals surface area contributed by atoms with Crippen molar-refractivity contribution < 1.29 is 9.90 Å². The minimum Gasteiger partial charge on any atom is -0.482 e. The largest absolute Gasteiger partial charge is 0.482 e. The minimum atomic E-state index is -0.713. The maximum Gasteiger partial charge on any atom is 0.297 e. The molecule has 0 heterocycles. The number of aliphatic carboxylic acids is 1. The Morgan fingerprint density at radius 3 is 1.75 bits per heavy atom. The fourth-order valence-electron chi connectivity index (χ4n) is 0.958. The normalized spacial score (nSPS) is 15.5. The molecule has 6 heteroatoms. The van der Waals surface area contributed by atoms with E-state index >= 15 is 0 Å². The van der Waals surface area contributed by atoms with Crippen LogP contribution < -0.4 is 0 Å². The van der Waals surface area contributed by atoms with Crippen molar-refractivity contribution in [2.24, 2.45) is 0 Å². The van der Waals surface area contributed by atoms with Gasteiger partial charge in [0.15, 0.2) is 0 Å². The third kappa shape index (κ3) is 2.11. The van der Waals surface area contributed by atoms with E-state index in [0.717, 1.165) is 0 Å². The number of rotatable bonds is 3. The van der Waals surface area contributed by atoms with Gasteiger partial charge in [-0.3, -0.25) is 4.79 Å². The van der Waals surface area contributed by atoms with Crippen LogP contribution in [-0.2, 0) is 4.79 Å². The van der Waals surface area contributed by atoms with E-state index in [9.17, 15) is 4.79 Å². The standard InChI is InChI=1S/C6H16B4O2/c1-5(2,8)6(9,10)3(7)4(11)12/h3H,7-10H2,1-2H3,(H,11,12). The molecule has 0 saturated heterocycles. The minimum absolute atomic E-state index is 0.0187. The number of hydrogen-bond donors (Lipinski definition) is 1. The van der Waals surface area contributed by atoms with Gasteiger partial charge in [-0.1, -0.05) is 24.4 Å². The van der Waals surface area contributed by atoms with Gasteiger partial charge < -0.3 is 5.11 Å². The molecule has 12 heavy (non-hydrogen) atoms. The third-order valence-corrected chi connectivity index (χ3v) is 3.39. The molecule has 0 aliphatic carbocycles. The van der Waals surface area contributed by atoms with Crippen LogP contribution in [0.3, 0.4) is 0 Å². The predicted molar refractivity (Wildman–Crippen MR) is 62.3 cm³/mol. The van der Waals surface area contributed by atoms with Crippen LogP contribution in [0.2, 0.25) is 16.3 Å². The predicted octanol–water partition coefficient (Wildman–Crippen LogP) is -2.29. The molecule has 0 rings (SSSR count). The molecule has 0 radical (unpaired) electrons. The summed E-state index contributed by atoms with van der Waals surface area (Å²) in [6.45, 7) is 4.15. The smallest absolute Gasteiger partial charge is 0.297 e. The molecule has 0 aliphatic rings. The number of carboxylic acids is 1. The highest BCUT2D eigenvalue weighted by Gasteiger charge is 2.40. The first kappa shape index (κ1) is 11.7. The monoisotopic (exact) mass is 164 g/mol. The van der Waals surface area contributed by atoms with Crippen LogP contribution in [0.5, 0.6) is 0 Å². The lowest BCUT2D eigenvalue weighted by molar-refractivity contribution is -0.137. The highest BCUT2D eigenvalue weighted by Crippen LogP contribution is 2.50. The molecule has 1 atom stereocenters. The fourth-order valence-corrected chi connectivity index (χ4v) is 0.958. The van der Waals surface area contributed by atoms with Gasteiger partial charge in [-0.25, -0.2) is 0 Å². The van der Waals surface area contributed by atoms with Crippen molar-refractivity contribution in [2.45, 2.75) is 30.2 Å². The summed E-state index contributed by atoms with van der Waals surface area (Å²) in [6.07, 6.45) is 0. The van der Waals surface area contributed by atoms with E-state index in [0.29, 0.717) is 0 Å². The maximum atomic E-state index is 10.8. The van der Waals surface area contributed by atoms with Crippen molar-refractivity contribution in [1.82, 2.24) is 0 Å². The topological polar surface area (TPSA) is 37.3 Å². The highest BCUT2D eigenvalue weighted by atomic mass is 16.4. The van der Waals surface area contributed by atoms with Crippen molar-refractivity contribution >= 4 is 37.4 Å². The first-order valence-corrected chi connectivity index (χ1v) is 4.33. The molecule has 1 unspecified atom stereocenters. The quantitative estimate of drug-likeness (QED) is 0.476. The first-order valence-electron chi connectivity index (χ1n) is 4.33. The van der Waals surface area contributed by atoms with E-state index in [1.807, 2.05) is 15.7 Å². The van der Waals surface area contributed by atoms with Crippen molar-refractivity contribution in [2.75, 3.05) is 0 Å². The molecule has 1 N–H and O–H groups in total. The van der Waals surface area contributed by atoms with Crippen LogP contribution in [0.15, 0.2) is 0 Å². The summed E-state index contributed by atoms with van der Waals surface area (Å²) in [4.78, 5) is 10.8. The van der Waals surface area contributed by atoms with Crippen LogP contribution in [0.25, 0.3) is 0 Å². The second-order valence-electron chi connectivity index (χ2n) is 5.03. The Morgan fingerprint density at radius 1 is 1.33 bits per heavy atom. The summed E-state index contributed by atoms with van der Waals surface area (Å²) in [5.41, 5.74) is 0. The van der Waals surface area contributed by atoms with Gasteiger partial charge >= 0.3 is 0 Å². The molecule has 64 valence electrons. The molecule has 0 aromatic rings. The van der Waals surface area contributed by atoms with E-state index in [1.165, 1.54) is 0 Å². The van der Waals surface area contributed by atoms with Gasteiger partial charge in [0.1, 0.15) is 15.7 Å². The Kier molecular flexibility index (Phi) is 3.16. The molecule has 0 aromatic carbocycles. The highest BCUT2D eigenvalue weighted by molar-refractivity contribution is 6.50. The summed E-state index contributed by atoms with van der Waals surface area (Å²) in [5, 5.41) is 8.72. The number of hydrogen-bond acceptors (Lipinski definition) is 1. The Balaban J connectivity index is 4.73. The summed E-state index contributed by atoms with van der Waals surface area (Å²) >= 11 is 0. The van der Waals surface area contributed by atoms with E-state index in [2.05, 4.69) is 21.7 Å². The van der Waals surface area contributed by atoms with Gasteiger partial charge in [-0.15, -0.1) is 0 Å². The molecule has 0 bridgehead atoms. The average Bonchev–Trinajstić information content (AvgIpc) is 1.83. The third-order valence-electron chi connectivity index (χ3n) is 3.39. The van der Waals surface area contributed by atoms with Gasteiger partial charge in [-0.2, -0.15) is 0 Å². The zero-order valence-corrected chi connectivity index (χ0v) is 8.93. The van der Waals surface area contributed by atoms with E-state index in [-0.39, 0.29) is 16.3 Å². The molecule has 0 aliphatic heterocycles. The molecular weight excluding hydrogens is 147 g/mol. The number of carboxylic acid groups (broad SMARTS) is 1. The van der Waals surface area contributed by atoms with Gasteiger partial charge in [0.25, 0.3) is 5.97 Å². The van der Waals surface area contributed by atoms with Crippen LogP contribution in [0, 0.1) is 0 Å². The molecular formula is C6H16B4O2. The SMILES string of the molecule is BC(C(=O)O)C(B)(B)C(B)(C)C. The van der Waals surface area contributed by atoms with Gasteiger partial charge in [0, 0.05) is 5.82 Å². The van der Waals surface area contributed by atoms with E-state index in [4.69, 9.17) is 5.11 Å². The summed E-state index contributed by atoms with van der Waals surface area (Å²) in [6, 6.07) is 0. The zero-order chi connectivity index (χ0) is 10.2. The Morgan fingerprint density at radius 2 is 1.67 bits per heavy atom. The average molecular weight is 163 g/mol. The van der Waals surface area contributed by atoms with Crippen LogP contribution in [0.4, 0.5) is 0 Å². The molecule has 0 saturated carbocycles. The second-order valence-corrected chi connectivity index (χ2v) is 5.03. The lowest BCUT2D eigenvalue weighted by Crippen LogP contribution is -2.35. The zero-order valence-electron chi connectivity index (χ0n) is 8.93. The molecule has 0 spiro atoms. The molecule has 0 aromatic heterocycles. The molecule has 0 fully saturated rings. The van der Waals surface area contributed by atoms with Gasteiger partial charge in [-0.05, 0) is 0 Å². The van der Waals surface area contributed by atoms with E-state index in [1.54, 1.807) is 7.85 Å². The van der Waals surface area contributed by atoms with Crippen molar-refractivity contribution in [3.05, 3.63) is 0 Å². The van der Waals surface area contributed by atoms with Crippen LogP contribution >= 0.6 is 0 Å².